The van der Waals surface area contributed by atoms with Gasteiger partial charge in [0.15, 0.2) is 0 Å². The summed E-state index contributed by atoms with van der Waals surface area (Å²) >= 11 is 5.58. The fourth-order valence-electron chi connectivity index (χ4n) is 0.875. The number of anilines is 1. The molecule has 0 amide bonds. The molecule has 0 spiro atoms. The zero-order valence-electron chi connectivity index (χ0n) is 7.19. The number of rotatable bonds is 2. The SMILES string of the molecule is COc1cc([N+](=O)[O-])c(Cl)cc1N.Cl. The summed E-state index contributed by atoms with van der Waals surface area (Å²) in [7, 11) is 1.38. The van der Waals surface area contributed by atoms with Crippen LogP contribution < -0.4 is 10.5 Å². The standard InChI is InChI=1S/C7H7ClN2O3.ClH/c1-13-7-3-6(10(11)12)4(8)2-5(7)9;/h2-3H,9H2,1H3;1H. The number of methoxy groups -OCH3 is 1. The number of halogens is 2. The van der Waals surface area contributed by atoms with Crippen molar-refractivity contribution < 1.29 is 9.66 Å². The molecule has 0 unspecified atom stereocenters. The molecule has 0 bridgehead atoms. The Bertz CT molecular complexity index is 357. The number of nitrogens with zero attached hydrogens (tertiary/aromatic N) is 1. The highest BCUT2D eigenvalue weighted by molar-refractivity contribution is 6.33. The minimum absolute atomic E-state index is 0. The molecular formula is C7H8Cl2N2O3. The van der Waals surface area contributed by atoms with Crippen molar-refractivity contribution in [1.29, 1.82) is 0 Å². The van der Waals surface area contributed by atoms with Gasteiger partial charge in [-0.2, -0.15) is 0 Å². The first-order valence-electron chi connectivity index (χ1n) is 3.33. The molecule has 0 aliphatic carbocycles. The van der Waals surface area contributed by atoms with Crippen molar-refractivity contribution in [2.45, 2.75) is 0 Å². The molecule has 0 fully saturated rings. The van der Waals surface area contributed by atoms with E-state index in [1.807, 2.05) is 0 Å². The number of nitrogen functional groups attached to an aromatic ring is 1. The zero-order chi connectivity index (χ0) is 10.0. The largest absolute Gasteiger partial charge is 0.494 e. The van der Waals surface area contributed by atoms with Crippen LogP contribution in [0, 0.1) is 10.1 Å². The summed E-state index contributed by atoms with van der Waals surface area (Å²) in [5.74, 6) is 0.246. The number of benzene rings is 1. The average molecular weight is 239 g/mol. The molecule has 0 saturated carbocycles. The second-order valence-corrected chi connectivity index (χ2v) is 2.71. The van der Waals surface area contributed by atoms with Crippen LogP contribution in [0.1, 0.15) is 0 Å². The Hall–Kier alpha value is -1.20. The van der Waals surface area contributed by atoms with Gasteiger partial charge < -0.3 is 10.5 Å². The van der Waals surface area contributed by atoms with Crippen molar-refractivity contribution in [3.05, 3.63) is 27.3 Å². The number of ether oxygens (including phenoxy) is 1. The predicted octanol–water partition coefficient (Wildman–Crippen LogP) is 2.26. The van der Waals surface area contributed by atoms with Gasteiger partial charge in [-0.1, -0.05) is 11.6 Å². The summed E-state index contributed by atoms with van der Waals surface area (Å²) in [5, 5.41) is 10.4. The number of hydrogen-bond donors (Lipinski definition) is 1. The molecule has 1 aromatic carbocycles. The fraction of sp³-hybridized carbons (Fsp3) is 0.143. The molecule has 0 aliphatic heterocycles. The lowest BCUT2D eigenvalue weighted by Crippen LogP contribution is -1.95. The van der Waals surface area contributed by atoms with Crippen LogP contribution in [0.25, 0.3) is 0 Å². The Labute approximate surface area is 91.4 Å². The highest BCUT2D eigenvalue weighted by atomic mass is 35.5. The van der Waals surface area contributed by atoms with Crippen molar-refractivity contribution in [2.75, 3.05) is 12.8 Å². The highest BCUT2D eigenvalue weighted by Gasteiger charge is 2.15. The van der Waals surface area contributed by atoms with Crippen LogP contribution >= 0.6 is 24.0 Å². The molecule has 1 rings (SSSR count). The Morgan fingerprint density at radius 1 is 1.57 bits per heavy atom. The summed E-state index contributed by atoms with van der Waals surface area (Å²) in [6.45, 7) is 0. The minimum Gasteiger partial charge on any atom is -0.494 e. The highest BCUT2D eigenvalue weighted by Crippen LogP contribution is 2.33. The third-order valence-electron chi connectivity index (χ3n) is 1.50. The van der Waals surface area contributed by atoms with Crippen LogP contribution in [0.4, 0.5) is 11.4 Å². The van der Waals surface area contributed by atoms with Gasteiger partial charge in [-0.25, -0.2) is 0 Å². The Balaban J connectivity index is 0.00000169. The monoisotopic (exact) mass is 238 g/mol. The number of nitrogens with two attached hydrogens (primary N) is 1. The maximum absolute atomic E-state index is 10.4. The van der Waals surface area contributed by atoms with Gasteiger partial charge in [-0.3, -0.25) is 10.1 Å². The molecule has 0 atom stereocenters. The molecule has 0 aliphatic rings. The van der Waals surface area contributed by atoms with Crippen molar-refractivity contribution in [3.63, 3.8) is 0 Å². The molecule has 7 heteroatoms. The molecule has 78 valence electrons. The molecule has 0 heterocycles. The second-order valence-electron chi connectivity index (χ2n) is 2.30. The van der Waals surface area contributed by atoms with Gasteiger partial charge in [-0.15, -0.1) is 12.4 Å². The van der Waals surface area contributed by atoms with Gasteiger partial charge >= 0.3 is 0 Å². The quantitative estimate of drug-likeness (QED) is 0.487. The van der Waals surface area contributed by atoms with Gasteiger partial charge in [0.2, 0.25) is 0 Å². The van der Waals surface area contributed by atoms with E-state index in [1.165, 1.54) is 19.2 Å². The lowest BCUT2D eigenvalue weighted by Gasteiger charge is -2.04. The van der Waals surface area contributed by atoms with E-state index in [-0.39, 0.29) is 34.6 Å². The summed E-state index contributed by atoms with van der Waals surface area (Å²) in [4.78, 5) is 9.83. The average Bonchev–Trinajstić information content (AvgIpc) is 2.03. The van der Waals surface area contributed by atoms with Gasteiger partial charge in [0, 0.05) is 0 Å². The first-order valence-corrected chi connectivity index (χ1v) is 3.71. The van der Waals surface area contributed by atoms with Crippen molar-refractivity contribution in [2.24, 2.45) is 0 Å². The van der Waals surface area contributed by atoms with E-state index in [4.69, 9.17) is 22.1 Å². The van der Waals surface area contributed by atoms with Crippen molar-refractivity contribution in [3.8, 4) is 5.75 Å². The summed E-state index contributed by atoms with van der Waals surface area (Å²) in [6, 6.07) is 2.48. The maximum Gasteiger partial charge on any atom is 0.291 e. The van der Waals surface area contributed by atoms with E-state index in [0.717, 1.165) is 0 Å². The van der Waals surface area contributed by atoms with E-state index in [1.54, 1.807) is 0 Å². The molecule has 2 N–H and O–H groups in total. The van der Waals surface area contributed by atoms with Crippen LogP contribution in [0.3, 0.4) is 0 Å². The van der Waals surface area contributed by atoms with Gasteiger partial charge in [0.25, 0.3) is 5.69 Å². The first kappa shape index (κ1) is 12.8. The third-order valence-corrected chi connectivity index (χ3v) is 1.80. The van der Waals surface area contributed by atoms with Crippen LogP contribution in [0.15, 0.2) is 12.1 Å². The van der Waals surface area contributed by atoms with Crippen LogP contribution in [0.2, 0.25) is 5.02 Å². The van der Waals surface area contributed by atoms with Crippen molar-refractivity contribution >= 4 is 35.4 Å². The lowest BCUT2D eigenvalue weighted by molar-refractivity contribution is -0.384. The minimum atomic E-state index is -0.593. The van der Waals surface area contributed by atoms with Gasteiger partial charge in [0.1, 0.15) is 10.8 Å². The van der Waals surface area contributed by atoms with Gasteiger partial charge in [-0.05, 0) is 6.07 Å². The van der Waals surface area contributed by atoms with E-state index >= 15 is 0 Å². The molecule has 0 aromatic heterocycles. The normalized spacial score (nSPS) is 9.00. The smallest absolute Gasteiger partial charge is 0.291 e. The van der Waals surface area contributed by atoms with Crippen LogP contribution in [0.5, 0.6) is 5.75 Å². The Kier molecular flexibility index (Phi) is 4.46. The number of nitro groups is 1. The third kappa shape index (κ3) is 2.40. The number of nitro benzene ring substituents is 1. The Morgan fingerprint density at radius 3 is 2.57 bits per heavy atom. The van der Waals surface area contributed by atoms with Crippen LogP contribution in [-0.4, -0.2) is 12.0 Å². The molecule has 5 nitrogen and oxygen atoms in total. The molecule has 0 radical (unpaired) electrons. The predicted molar refractivity (Wildman–Crippen MR) is 56.3 cm³/mol. The topological polar surface area (TPSA) is 78.4 Å². The molecule has 1 aromatic rings. The van der Waals surface area contributed by atoms with E-state index in [9.17, 15) is 10.1 Å². The second kappa shape index (κ2) is 4.88. The van der Waals surface area contributed by atoms with E-state index in [0.29, 0.717) is 0 Å². The number of hydrogen-bond acceptors (Lipinski definition) is 4. The fourth-order valence-corrected chi connectivity index (χ4v) is 1.12. The Morgan fingerprint density at radius 2 is 2.14 bits per heavy atom. The molecular weight excluding hydrogens is 231 g/mol. The van der Waals surface area contributed by atoms with E-state index < -0.39 is 4.92 Å². The van der Waals surface area contributed by atoms with E-state index in [2.05, 4.69) is 0 Å². The van der Waals surface area contributed by atoms with Crippen molar-refractivity contribution in [1.82, 2.24) is 0 Å². The maximum atomic E-state index is 10.4. The first-order chi connectivity index (χ1) is 6.06. The summed E-state index contributed by atoms with van der Waals surface area (Å²) < 4.78 is 4.80. The lowest BCUT2D eigenvalue weighted by atomic mass is 10.2. The zero-order valence-corrected chi connectivity index (χ0v) is 8.76. The summed E-state index contributed by atoms with van der Waals surface area (Å²) in [5.41, 5.74) is 5.53. The summed E-state index contributed by atoms with van der Waals surface area (Å²) in [6.07, 6.45) is 0. The molecule has 14 heavy (non-hydrogen) atoms. The molecule has 0 saturated heterocycles. The van der Waals surface area contributed by atoms with Gasteiger partial charge in [0.05, 0.1) is 23.8 Å². The van der Waals surface area contributed by atoms with Crippen LogP contribution in [-0.2, 0) is 0 Å².